The van der Waals surface area contributed by atoms with Gasteiger partial charge in [0.1, 0.15) is 17.8 Å². The third-order valence-corrected chi connectivity index (χ3v) is 4.77. The van der Waals surface area contributed by atoms with Crippen LogP contribution in [0.15, 0.2) is 18.6 Å². The van der Waals surface area contributed by atoms with Crippen molar-refractivity contribution < 1.29 is 19.2 Å². The Hall–Kier alpha value is -3.04. The maximum Gasteiger partial charge on any atom is 0.274 e. The first-order valence-corrected chi connectivity index (χ1v) is 8.88. The zero-order valence-electron chi connectivity index (χ0n) is 15.1. The van der Waals surface area contributed by atoms with Crippen LogP contribution in [0.3, 0.4) is 0 Å². The number of nitrogens with zero attached hydrogens (tertiary/aromatic N) is 4. The van der Waals surface area contributed by atoms with Crippen LogP contribution in [0.4, 0.5) is 0 Å². The second-order valence-corrected chi connectivity index (χ2v) is 6.56. The van der Waals surface area contributed by atoms with E-state index in [4.69, 9.17) is 0 Å². The minimum atomic E-state index is -0.896. The Bertz CT molecular complexity index is 740. The Kier molecular flexibility index (Phi) is 5.63. The van der Waals surface area contributed by atoms with Crippen LogP contribution in [0, 0.1) is 0 Å². The monoisotopic (exact) mass is 374 g/mol. The Balaban J connectivity index is 1.78. The highest BCUT2D eigenvalue weighted by Gasteiger charge is 2.38. The van der Waals surface area contributed by atoms with Gasteiger partial charge in [-0.3, -0.25) is 24.2 Å². The summed E-state index contributed by atoms with van der Waals surface area (Å²) in [7, 11) is 0. The molecule has 0 saturated carbocycles. The van der Waals surface area contributed by atoms with Gasteiger partial charge in [0.25, 0.3) is 5.91 Å². The predicted molar refractivity (Wildman–Crippen MR) is 93.3 cm³/mol. The number of hydrogen-bond acceptors (Lipinski definition) is 6. The predicted octanol–water partition coefficient (Wildman–Crippen LogP) is -1.46. The van der Waals surface area contributed by atoms with Gasteiger partial charge in [-0.1, -0.05) is 0 Å². The molecule has 1 aromatic rings. The molecule has 0 unspecified atom stereocenters. The van der Waals surface area contributed by atoms with Gasteiger partial charge < -0.3 is 20.4 Å². The van der Waals surface area contributed by atoms with E-state index in [0.717, 1.165) is 6.42 Å². The van der Waals surface area contributed by atoms with Gasteiger partial charge in [-0.2, -0.15) is 0 Å². The minimum Gasteiger partial charge on any atom is -0.354 e. The standard InChI is InChI=1S/C17H22N6O4/c1-11(24)22-7-8-23(17(27)13-9-18-5-6-19-13)14(10-22)16(26)21-12-3-2-4-20-15(12)25/h5-6,9,12,14H,2-4,7-8,10H2,1H3,(H,20,25)(H,21,26)/t12-,14+/m1/s1. The number of amides is 4. The van der Waals surface area contributed by atoms with Crippen molar-refractivity contribution in [2.45, 2.75) is 31.8 Å². The normalized spacial score (nSPS) is 22.8. The third kappa shape index (κ3) is 4.21. The van der Waals surface area contributed by atoms with Crippen molar-refractivity contribution in [1.82, 2.24) is 30.4 Å². The number of carbonyl (C=O) groups excluding carboxylic acids is 4. The first-order chi connectivity index (χ1) is 13.0. The number of hydrogen-bond donors (Lipinski definition) is 2. The molecule has 1 aromatic heterocycles. The fourth-order valence-electron chi connectivity index (χ4n) is 3.27. The van der Waals surface area contributed by atoms with E-state index in [9.17, 15) is 19.2 Å². The highest BCUT2D eigenvalue weighted by atomic mass is 16.2. The molecule has 0 bridgehead atoms. The molecular formula is C17H22N6O4. The highest BCUT2D eigenvalue weighted by Crippen LogP contribution is 2.15. The Labute approximate surface area is 156 Å². The summed E-state index contributed by atoms with van der Waals surface area (Å²) in [4.78, 5) is 60.2. The van der Waals surface area contributed by atoms with Crippen molar-refractivity contribution in [3.63, 3.8) is 0 Å². The molecule has 27 heavy (non-hydrogen) atoms. The van der Waals surface area contributed by atoms with Gasteiger partial charge in [0, 0.05) is 39.0 Å². The summed E-state index contributed by atoms with van der Waals surface area (Å²) in [5, 5.41) is 5.43. The maximum absolute atomic E-state index is 12.9. The largest absolute Gasteiger partial charge is 0.354 e. The molecule has 2 aliphatic rings. The van der Waals surface area contributed by atoms with Gasteiger partial charge in [0.05, 0.1) is 12.7 Å². The maximum atomic E-state index is 12.9. The van der Waals surface area contributed by atoms with Crippen molar-refractivity contribution in [3.05, 3.63) is 24.3 Å². The van der Waals surface area contributed by atoms with Crippen molar-refractivity contribution in [3.8, 4) is 0 Å². The molecule has 2 saturated heterocycles. The van der Waals surface area contributed by atoms with Crippen LogP contribution in [-0.4, -0.2) is 81.7 Å². The average Bonchev–Trinajstić information content (AvgIpc) is 2.69. The average molecular weight is 374 g/mol. The smallest absolute Gasteiger partial charge is 0.274 e. The molecule has 4 amide bonds. The molecule has 0 aliphatic carbocycles. The Morgan fingerprint density at radius 2 is 2.07 bits per heavy atom. The highest BCUT2D eigenvalue weighted by molar-refractivity contribution is 5.97. The van der Waals surface area contributed by atoms with Crippen LogP contribution < -0.4 is 10.6 Å². The minimum absolute atomic E-state index is 0.0709. The summed E-state index contributed by atoms with van der Waals surface area (Å²) in [6.45, 7) is 2.61. The Morgan fingerprint density at radius 1 is 1.26 bits per heavy atom. The molecule has 2 N–H and O–H groups in total. The number of piperidine rings is 1. The van der Waals surface area contributed by atoms with Crippen molar-refractivity contribution in [2.24, 2.45) is 0 Å². The van der Waals surface area contributed by atoms with Gasteiger partial charge in [0.2, 0.25) is 17.7 Å². The van der Waals surface area contributed by atoms with Crippen LogP contribution in [-0.2, 0) is 14.4 Å². The molecule has 0 spiro atoms. The van der Waals surface area contributed by atoms with Gasteiger partial charge in [-0.25, -0.2) is 4.98 Å². The number of aromatic nitrogens is 2. The summed E-state index contributed by atoms with van der Waals surface area (Å²) in [6, 6.07) is -1.53. The zero-order valence-corrected chi connectivity index (χ0v) is 15.1. The Morgan fingerprint density at radius 3 is 2.74 bits per heavy atom. The van der Waals surface area contributed by atoms with Crippen LogP contribution in [0.1, 0.15) is 30.3 Å². The van der Waals surface area contributed by atoms with Crippen molar-refractivity contribution in [1.29, 1.82) is 0 Å². The molecule has 0 aromatic carbocycles. The second kappa shape index (κ2) is 8.11. The summed E-state index contributed by atoms with van der Waals surface area (Å²) in [5.74, 6) is -1.30. The van der Waals surface area contributed by atoms with E-state index in [-0.39, 0.29) is 30.6 Å². The molecule has 2 fully saturated rings. The molecule has 10 heteroatoms. The summed E-state index contributed by atoms with van der Waals surface area (Å²) in [6.07, 6.45) is 5.50. The van der Waals surface area contributed by atoms with Crippen molar-refractivity contribution >= 4 is 23.6 Å². The van der Waals surface area contributed by atoms with Gasteiger partial charge in [0.15, 0.2) is 0 Å². The summed E-state index contributed by atoms with van der Waals surface area (Å²) < 4.78 is 0. The van der Waals surface area contributed by atoms with Gasteiger partial charge in [-0.15, -0.1) is 0 Å². The second-order valence-electron chi connectivity index (χ2n) is 6.56. The number of rotatable bonds is 3. The SMILES string of the molecule is CC(=O)N1CCN(C(=O)c2cnccn2)[C@H](C(=O)N[C@@H]2CCCNC2=O)C1. The van der Waals surface area contributed by atoms with Crippen LogP contribution >= 0.6 is 0 Å². The molecule has 2 aliphatic heterocycles. The first kappa shape index (κ1) is 18.7. The summed E-state index contributed by atoms with van der Waals surface area (Å²) in [5.41, 5.74) is 0.127. The lowest BCUT2D eigenvalue weighted by Crippen LogP contribution is -2.63. The lowest BCUT2D eigenvalue weighted by Gasteiger charge is -2.40. The van der Waals surface area contributed by atoms with Crippen molar-refractivity contribution in [2.75, 3.05) is 26.2 Å². The molecule has 144 valence electrons. The fourth-order valence-corrected chi connectivity index (χ4v) is 3.27. The number of carbonyl (C=O) groups is 4. The van der Waals surface area contributed by atoms with E-state index in [0.29, 0.717) is 19.5 Å². The lowest BCUT2D eigenvalue weighted by molar-refractivity contribution is -0.137. The van der Waals surface area contributed by atoms with E-state index in [1.165, 1.54) is 35.3 Å². The van der Waals surface area contributed by atoms with Gasteiger partial charge in [-0.05, 0) is 12.8 Å². The molecule has 10 nitrogen and oxygen atoms in total. The van der Waals surface area contributed by atoms with Crippen LogP contribution in [0.2, 0.25) is 0 Å². The third-order valence-electron chi connectivity index (χ3n) is 4.77. The van der Waals surface area contributed by atoms with E-state index >= 15 is 0 Å². The summed E-state index contributed by atoms with van der Waals surface area (Å²) >= 11 is 0. The fraction of sp³-hybridized carbons (Fsp3) is 0.529. The number of nitrogens with one attached hydrogen (secondary N) is 2. The molecule has 3 rings (SSSR count). The molecule has 2 atom stereocenters. The lowest BCUT2D eigenvalue weighted by atomic mass is 10.0. The van der Waals surface area contributed by atoms with E-state index in [1.54, 1.807) is 0 Å². The number of piperazine rings is 1. The van der Waals surface area contributed by atoms with Crippen LogP contribution in [0.5, 0.6) is 0 Å². The zero-order chi connectivity index (χ0) is 19.4. The van der Waals surface area contributed by atoms with E-state index < -0.39 is 23.9 Å². The van der Waals surface area contributed by atoms with E-state index in [2.05, 4.69) is 20.6 Å². The van der Waals surface area contributed by atoms with E-state index in [1.807, 2.05) is 0 Å². The molecule has 3 heterocycles. The molecule has 0 radical (unpaired) electrons. The van der Waals surface area contributed by atoms with Crippen LogP contribution in [0.25, 0.3) is 0 Å². The topological polar surface area (TPSA) is 125 Å². The van der Waals surface area contributed by atoms with Gasteiger partial charge >= 0.3 is 0 Å². The quantitative estimate of drug-likeness (QED) is 0.667. The molecular weight excluding hydrogens is 352 g/mol. The first-order valence-electron chi connectivity index (χ1n) is 8.88.